The first-order valence-electron chi connectivity index (χ1n) is 14.0. The normalized spacial score (nSPS) is 10.9. The molecule has 0 fully saturated rings. The molecule has 0 spiro atoms. The molecule has 0 aliphatic carbocycles. The van der Waals surface area contributed by atoms with E-state index in [1.165, 1.54) is 0 Å². The summed E-state index contributed by atoms with van der Waals surface area (Å²) >= 11 is 0. The van der Waals surface area contributed by atoms with Crippen LogP contribution >= 0.6 is 0 Å². The molecule has 42 heavy (non-hydrogen) atoms. The highest BCUT2D eigenvalue weighted by molar-refractivity contribution is 6.10. The number of aromatic hydroxyl groups is 1. The van der Waals surface area contributed by atoms with Gasteiger partial charge in [0.15, 0.2) is 0 Å². The third-order valence-corrected chi connectivity index (χ3v) is 7.06. The molecule has 0 amide bonds. The van der Waals surface area contributed by atoms with Crippen molar-refractivity contribution in [1.82, 2.24) is 0 Å². The lowest BCUT2D eigenvalue weighted by Gasteiger charge is -2.17. The molecule has 0 aromatic heterocycles. The smallest absolute Gasteiger partial charge is 0.343 e. The zero-order valence-electron chi connectivity index (χ0n) is 23.3. The monoisotopic (exact) mass is 560 g/mol. The van der Waals surface area contributed by atoms with E-state index in [1.807, 2.05) is 60.7 Å². The number of hydrogen-bond acceptors (Lipinski definition) is 6. The maximum atomic E-state index is 13.3. The molecular weight excluding hydrogens is 528 g/mol. The van der Waals surface area contributed by atoms with Crippen molar-refractivity contribution in [3.8, 4) is 28.4 Å². The van der Waals surface area contributed by atoms with E-state index >= 15 is 0 Å². The van der Waals surface area contributed by atoms with E-state index in [-0.39, 0.29) is 5.75 Å². The molecule has 0 aliphatic rings. The predicted octanol–water partition coefficient (Wildman–Crippen LogP) is 8.25. The zero-order chi connectivity index (χ0) is 29.3. The van der Waals surface area contributed by atoms with Crippen molar-refractivity contribution < 1.29 is 28.9 Å². The van der Waals surface area contributed by atoms with E-state index in [0.717, 1.165) is 53.3 Å². The van der Waals surface area contributed by atoms with Gasteiger partial charge in [-0.2, -0.15) is 0 Å². The molecule has 6 heteroatoms. The molecule has 212 valence electrons. The van der Waals surface area contributed by atoms with Gasteiger partial charge in [0.2, 0.25) is 0 Å². The number of esters is 2. The van der Waals surface area contributed by atoms with Crippen molar-refractivity contribution in [2.45, 2.75) is 25.7 Å². The van der Waals surface area contributed by atoms with Gasteiger partial charge in [-0.15, -0.1) is 0 Å². The highest BCUT2D eigenvalue weighted by Crippen LogP contribution is 2.45. The number of benzene rings is 5. The summed E-state index contributed by atoms with van der Waals surface area (Å²) in [6.45, 7) is 4.32. The number of carbonyl (C=O) groups excluding carboxylic acids is 2. The Morgan fingerprint density at radius 3 is 2.00 bits per heavy atom. The van der Waals surface area contributed by atoms with Crippen molar-refractivity contribution in [3.05, 3.63) is 115 Å². The fraction of sp³-hybridized carbons (Fsp3) is 0.167. The number of phenols is 1. The Morgan fingerprint density at radius 1 is 0.690 bits per heavy atom. The second-order valence-corrected chi connectivity index (χ2v) is 9.89. The molecule has 5 aromatic carbocycles. The molecule has 1 N–H and O–H groups in total. The molecule has 0 bridgehead atoms. The van der Waals surface area contributed by atoms with Crippen molar-refractivity contribution in [1.29, 1.82) is 0 Å². The molecule has 5 rings (SSSR count). The van der Waals surface area contributed by atoms with Crippen LogP contribution in [-0.2, 0) is 9.53 Å². The zero-order valence-corrected chi connectivity index (χ0v) is 23.3. The number of phenolic OH excluding ortho intramolecular Hbond substituents is 1. The van der Waals surface area contributed by atoms with Crippen LogP contribution in [-0.4, -0.2) is 30.3 Å². The average Bonchev–Trinajstić information content (AvgIpc) is 3.02. The summed E-state index contributed by atoms with van der Waals surface area (Å²) in [5.41, 5.74) is 1.67. The van der Waals surface area contributed by atoms with Gasteiger partial charge >= 0.3 is 11.9 Å². The molecule has 0 saturated heterocycles. The summed E-state index contributed by atoms with van der Waals surface area (Å²) in [5, 5.41) is 14.7. The van der Waals surface area contributed by atoms with E-state index in [0.29, 0.717) is 41.4 Å². The van der Waals surface area contributed by atoms with Gasteiger partial charge in [-0.05, 0) is 83.6 Å². The van der Waals surface area contributed by atoms with Crippen molar-refractivity contribution >= 4 is 33.5 Å². The molecule has 0 unspecified atom stereocenters. The molecule has 0 saturated carbocycles. The van der Waals surface area contributed by atoms with Crippen LogP contribution in [0.2, 0.25) is 0 Å². The van der Waals surface area contributed by atoms with E-state index in [4.69, 9.17) is 14.2 Å². The van der Waals surface area contributed by atoms with Crippen LogP contribution in [0.5, 0.6) is 17.2 Å². The number of carbonyl (C=O) groups is 2. The van der Waals surface area contributed by atoms with Gasteiger partial charge < -0.3 is 19.3 Å². The van der Waals surface area contributed by atoms with E-state index < -0.39 is 11.9 Å². The Morgan fingerprint density at radius 2 is 1.31 bits per heavy atom. The lowest BCUT2D eigenvalue weighted by atomic mass is 9.92. The second-order valence-electron chi connectivity index (χ2n) is 9.89. The van der Waals surface area contributed by atoms with E-state index in [9.17, 15) is 14.7 Å². The first-order chi connectivity index (χ1) is 20.5. The highest BCUT2D eigenvalue weighted by atomic mass is 16.5. The van der Waals surface area contributed by atoms with Gasteiger partial charge in [0, 0.05) is 17.2 Å². The van der Waals surface area contributed by atoms with Crippen LogP contribution in [0.25, 0.3) is 32.7 Å². The summed E-state index contributed by atoms with van der Waals surface area (Å²) < 4.78 is 16.8. The lowest BCUT2D eigenvalue weighted by Crippen LogP contribution is -2.09. The number of unbranched alkanes of at least 4 members (excludes halogenated alkanes) is 3. The number of hydrogen-bond donors (Lipinski definition) is 1. The fourth-order valence-electron chi connectivity index (χ4n) is 4.94. The number of ether oxygens (including phenoxy) is 3. The Bertz CT molecular complexity index is 1720. The molecule has 0 atom stereocenters. The summed E-state index contributed by atoms with van der Waals surface area (Å²) in [5.74, 6) is 0.242. The van der Waals surface area contributed by atoms with Gasteiger partial charge in [-0.3, -0.25) is 0 Å². The molecular formula is C36H32O6. The second kappa shape index (κ2) is 13.5. The standard InChI is InChI=1S/C36H32O6/c1-2-33(38)41-24-10-4-3-9-23-40-28-19-15-27(16-20-28)36(39)42-32-22-18-26-12-6-8-14-30(26)35(32)34-29-13-7-5-11-25(29)17-21-31(34)37/h2,5-8,11-22,37H,1,3-4,9-10,23-24H2. The van der Waals surface area contributed by atoms with Crippen LogP contribution in [0.15, 0.2) is 110 Å². The number of fused-ring (bicyclic) bond motifs is 2. The first-order valence-corrected chi connectivity index (χ1v) is 14.0. The lowest BCUT2D eigenvalue weighted by molar-refractivity contribution is -0.137. The van der Waals surface area contributed by atoms with Crippen LogP contribution in [0.4, 0.5) is 0 Å². The molecule has 6 nitrogen and oxygen atoms in total. The topological polar surface area (TPSA) is 82.1 Å². The van der Waals surface area contributed by atoms with E-state index in [2.05, 4.69) is 6.58 Å². The van der Waals surface area contributed by atoms with Crippen LogP contribution in [0.3, 0.4) is 0 Å². The molecule has 0 heterocycles. The molecule has 0 aliphatic heterocycles. The third-order valence-electron chi connectivity index (χ3n) is 7.06. The quantitative estimate of drug-likeness (QED) is 0.0716. The van der Waals surface area contributed by atoms with Gasteiger partial charge in [0.05, 0.1) is 18.8 Å². The fourth-order valence-corrected chi connectivity index (χ4v) is 4.94. The summed E-state index contributed by atoms with van der Waals surface area (Å²) in [7, 11) is 0. The van der Waals surface area contributed by atoms with E-state index in [1.54, 1.807) is 36.4 Å². The highest BCUT2D eigenvalue weighted by Gasteiger charge is 2.20. The Hall–Kier alpha value is -5.10. The minimum atomic E-state index is -0.505. The van der Waals surface area contributed by atoms with Crippen molar-refractivity contribution in [2.75, 3.05) is 13.2 Å². The van der Waals surface area contributed by atoms with Crippen molar-refractivity contribution in [2.24, 2.45) is 0 Å². The Labute approximate surface area is 244 Å². The van der Waals surface area contributed by atoms with Gasteiger partial charge in [-0.1, -0.05) is 67.2 Å². The van der Waals surface area contributed by atoms with Crippen LogP contribution < -0.4 is 9.47 Å². The average molecular weight is 561 g/mol. The van der Waals surface area contributed by atoms with Crippen molar-refractivity contribution in [3.63, 3.8) is 0 Å². The maximum Gasteiger partial charge on any atom is 0.343 e. The van der Waals surface area contributed by atoms with Crippen LogP contribution in [0, 0.1) is 0 Å². The predicted molar refractivity (Wildman–Crippen MR) is 165 cm³/mol. The van der Waals surface area contributed by atoms with Gasteiger partial charge in [0.1, 0.15) is 17.2 Å². The summed E-state index contributed by atoms with van der Waals surface area (Å²) in [4.78, 5) is 24.3. The van der Waals surface area contributed by atoms with Gasteiger partial charge in [0.25, 0.3) is 0 Å². The minimum Gasteiger partial charge on any atom is -0.507 e. The maximum absolute atomic E-state index is 13.3. The molecule has 5 aromatic rings. The SMILES string of the molecule is C=CC(=O)OCCCCCCOc1ccc(C(=O)Oc2ccc3ccccc3c2-c2c(O)ccc3ccccc23)cc1. The first kappa shape index (κ1) is 28.4. The minimum absolute atomic E-state index is 0.111. The Balaban J connectivity index is 1.28. The molecule has 0 radical (unpaired) electrons. The number of rotatable bonds is 12. The largest absolute Gasteiger partial charge is 0.507 e. The van der Waals surface area contributed by atoms with Gasteiger partial charge in [-0.25, -0.2) is 9.59 Å². The summed E-state index contributed by atoms with van der Waals surface area (Å²) in [6, 6.07) is 29.8. The summed E-state index contributed by atoms with van der Waals surface area (Å²) in [6.07, 6.45) is 4.72. The van der Waals surface area contributed by atoms with Crippen LogP contribution in [0.1, 0.15) is 36.0 Å². The third kappa shape index (κ3) is 6.61. The Kier molecular flexibility index (Phi) is 9.14.